The van der Waals surface area contributed by atoms with Crippen LogP contribution in [0.3, 0.4) is 0 Å². The molecule has 0 spiro atoms. The minimum atomic E-state index is -1.58. The van der Waals surface area contributed by atoms with E-state index in [1.165, 1.54) is 76.2 Å². The van der Waals surface area contributed by atoms with Gasteiger partial charge in [0.2, 0.25) is 0 Å². The van der Waals surface area contributed by atoms with Crippen LogP contribution in [0.15, 0.2) is 11.6 Å². The Morgan fingerprint density at radius 1 is 0.897 bits per heavy atom. The van der Waals surface area contributed by atoms with Gasteiger partial charge in [0, 0.05) is 24.9 Å². The van der Waals surface area contributed by atoms with Crippen LogP contribution in [0.25, 0.3) is 0 Å². The van der Waals surface area contributed by atoms with E-state index in [0.717, 1.165) is 51.0 Å². The van der Waals surface area contributed by atoms with Crippen molar-refractivity contribution in [3.63, 3.8) is 0 Å². The Morgan fingerprint density at radius 3 is 2.21 bits per heavy atom. The number of carbonyl (C=O) groups is 2. The monoisotopic (exact) mass is 556 g/mol. The molecular weight excluding hydrogens is 496 g/mol. The third-order valence-corrected chi connectivity index (χ3v) is 16.7. The maximum atomic E-state index is 12.9. The highest BCUT2D eigenvalue weighted by Gasteiger charge is 2.58. The average Bonchev–Trinajstić information content (AvgIpc) is 3.17. The zero-order valence-electron chi connectivity index (χ0n) is 26.4. The van der Waals surface area contributed by atoms with Gasteiger partial charge in [-0.3, -0.25) is 9.59 Å². The fourth-order valence-corrected chi connectivity index (χ4v) is 9.82. The number of carbonyl (C=O) groups excluding carboxylic acids is 2. The van der Waals surface area contributed by atoms with Gasteiger partial charge in [0.1, 0.15) is 5.78 Å². The number of ketones is 2. The number of hydrogen-bond acceptors (Lipinski definition) is 3. The van der Waals surface area contributed by atoms with Crippen molar-refractivity contribution in [1.29, 1.82) is 0 Å². The number of hydrogen-bond donors (Lipinski definition) is 0. The van der Waals surface area contributed by atoms with Gasteiger partial charge >= 0.3 is 0 Å². The second-order valence-electron chi connectivity index (χ2n) is 15.6. The molecule has 0 unspecified atom stereocenters. The Hall–Kier alpha value is -0.743. The molecular formula is C35H60O3Si. The number of Topliss-reactive ketones (excluding diaryl/α,β-unsaturated/α-hetero) is 1. The van der Waals surface area contributed by atoms with Crippen molar-refractivity contribution in [3.05, 3.63) is 11.6 Å². The summed E-state index contributed by atoms with van der Waals surface area (Å²) >= 11 is 0. The van der Waals surface area contributed by atoms with Crippen LogP contribution in [0.5, 0.6) is 0 Å². The first-order valence-electron chi connectivity index (χ1n) is 16.8. The van der Waals surface area contributed by atoms with E-state index in [1.54, 1.807) is 0 Å². The van der Waals surface area contributed by atoms with Crippen molar-refractivity contribution in [1.82, 2.24) is 0 Å². The summed E-state index contributed by atoms with van der Waals surface area (Å²) in [5.74, 6) is 4.26. The Kier molecular flexibility index (Phi) is 10.4. The van der Waals surface area contributed by atoms with Crippen molar-refractivity contribution in [2.24, 2.45) is 35.0 Å². The largest absolute Gasteiger partial charge is 0.417 e. The van der Waals surface area contributed by atoms with Crippen LogP contribution < -0.4 is 0 Å². The number of rotatable bonds is 13. The summed E-state index contributed by atoms with van der Waals surface area (Å²) < 4.78 is 6.32. The van der Waals surface area contributed by atoms with Crippen LogP contribution >= 0.6 is 0 Å². The molecule has 0 aromatic carbocycles. The van der Waals surface area contributed by atoms with E-state index in [9.17, 15) is 9.59 Å². The average molecular weight is 557 g/mol. The Balaban J connectivity index is 1.15. The molecule has 6 atom stereocenters. The molecule has 4 rings (SSSR count). The summed E-state index contributed by atoms with van der Waals surface area (Å²) in [5, 5.41) is 0.312. The van der Waals surface area contributed by atoms with Gasteiger partial charge in [0.05, 0.1) is 0 Å². The molecule has 3 saturated carbocycles. The first-order valence-corrected chi connectivity index (χ1v) is 19.8. The minimum Gasteiger partial charge on any atom is -0.417 e. The van der Waals surface area contributed by atoms with Gasteiger partial charge in [-0.25, -0.2) is 0 Å². The molecule has 39 heavy (non-hydrogen) atoms. The SMILES string of the molecule is CC(C)(C)[Si](C)(C)OCCCCCCCCCCC[C@H]1CC2=CC(=O)CC[C@@H]2[C@H]2CC[C@]3(C)C(=O)CC[C@H]3[C@H]12. The molecule has 222 valence electrons. The molecule has 0 N–H and O–H groups in total. The van der Waals surface area contributed by atoms with Gasteiger partial charge in [-0.05, 0) is 98.7 Å². The third-order valence-electron chi connectivity index (χ3n) is 12.2. The summed E-state index contributed by atoms with van der Waals surface area (Å²) in [6, 6.07) is 0. The summed E-state index contributed by atoms with van der Waals surface area (Å²) in [7, 11) is -1.58. The Bertz CT molecular complexity index is 883. The maximum absolute atomic E-state index is 12.9. The molecule has 4 aliphatic carbocycles. The van der Waals surface area contributed by atoms with E-state index >= 15 is 0 Å². The first-order chi connectivity index (χ1) is 18.4. The van der Waals surface area contributed by atoms with E-state index in [4.69, 9.17) is 4.43 Å². The summed E-state index contributed by atoms with van der Waals surface area (Å²) in [4.78, 5) is 25.2. The van der Waals surface area contributed by atoms with Crippen LogP contribution in [-0.2, 0) is 14.0 Å². The quantitative estimate of drug-likeness (QED) is 0.167. The highest BCUT2D eigenvalue weighted by molar-refractivity contribution is 6.74. The van der Waals surface area contributed by atoms with Gasteiger partial charge in [-0.2, -0.15) is 0 Å². The molecule has 0 aliphatic heterocycles. The van der Waals surface area contributed by atoms with E-state index in [2.05, 4.69) is 40.8 Å². The van der Waals surface area contributed by atoms with Crippen LogP contribution in [0.2, 0.25) is 18.1 Å². The van der Waals surface area contributed by atoms with Gasteiger partial charge in [0.25, 0.3) is 0 Å². The predicted octanol–water partition coefficient (Wildman–Crippen LogP) is 9.85. The molecule has 0 saturated heterocycles. The zero-order valence-corrected chi connectivity index (χ0v) is 27.4. The topological polar surface area (TPSA) is 43.4 Å². The molecule has 0 radical (unpaired) electrons. The molecule has 3 nitrogen and oxygen atoms in total. The number of fused-ring (bicyclic) bond motifs is 5. The summed E-state index contributed by atoms with van der Waals surface area (Å²) in [5.41, 5.74) is 1.43. The van der Waals surface area contributed by atoms with Crippen molar-refractivity contribution < 1.29 is 14.0 Å². The van der Waals surface area contributed by atoms with E-state index < -0.39 is 8.32 Å². The van der Waals surface area contributed by atoms with Gasteiger partial charge in [-0.15, -0.1) is 0 Å². The smallest absolute Gasteiger partial charge is 0.191 e. The highest BCUT2D eigenvalue weighted by Crippen LogP contribution is 2.62. The maximum Gasteiger partial charge on any atom is 0.191 e. The molecule has 0 amide bonds. The van der Waals surface area contributed by atoms with Crippen molar-refractivity contribution in [3.8, 4) is 0 Å². The molecule has 3 fully saturated rings. The van der Waals surface area contributed by atoms with Crippen LogP contribution in [0, 0.1) is 35.0 Å². The first kappa shape index (κ1) is 31.2. The standard InChI is InChI=1S/C35H60O3Si/c1-34(2,3)39(5,6)38-23-15-13-11-9-7-8-10-12-14-16-26-24-27-25-28(36)17-18-29(27)30-21-22-35(4)31(33(26)30)19-20-32(35)37/h25-26,29-31,33H,7-24H2,1-6H3/t26-,29-,30+,31-,33+,35-/m0/s1. The lowest BCUT2D eigenvalue weighted by Gasteiger charge is -2.55. The highest BCUT2D eigenvalue weighted by atomic mass is 28.4. The third kappa shape index (κ3) is 7.19. The Morgan fingerprint density at radius 2 is 1.54 bits per heavy atom. The molecule has 0 aromatic heterocycles. The fraction of sp³-hybridized carbons (Fsp3) is 0.886. The second-order valence-corrected chi connectivity index (χ2v) is 20.4. The van der Waals surface area contributed by atoms with Crippen LogP contribution in [-0.4, -0.2) is 26.5 Å². The summed E-state index contributed by atoms with van der Waals surface area (Å²) in [6.45, 7) is 14.9. The number of unbranched alkanes of at least 4 members (excludes halogenated alkanes) is 8. The number of allylic oxidation sites excluding steroid dienone is 1. The lowest BCUT2D eigenvalue weighted by Crippen LogP contribution is -2.50. The molecule has 0 heterocycles. The molecule has 0 bridgehead atoms. The van der Waals surface area contributed by atoms with Crippen LogP contribution in [0.1, 0.15) is 137 Å². The minimum absolute atomic E-state index is 0.0536. The predicted molar refractivity (Wildman–Crippen MR) is 165 cm³/mol. The van der Waals surface area contributed by atoms with Gasteiger partial charge < -0.3 is 4.43 Å². The van der Waals surface area contributed by atoms with Crippen molar-refractivity contribution in [2.75, 3.05) is 6.61 Å². The van der Waals surface area contributed by atoms with E-state index in [-0.39, 0.29) is 5.41 Å². The van der Waals surface area contributed by atoms with E-state index in [0.29, 0.717) is 40.3 Å². The lowest BCUT2D eigenvalue weighted by molar-refractivity contribution is -0.132. The zero-order chi connectivity index (χ0) is 28.3. The normalized spacial score (nSPS) is 33.0. The van der Waals surface area contributed by atoms with E-state index in [1.807, 2.05) is 6.08 Å². The van der Waals surface area contributed by atoms with Crippen LogP contribution in [0.4, 0.5) is 0 Å². The molecule has 4 aliphatic rings. The van der Waals surface area contributed by atoms with Crippen molar-refractivity contribution >= 4 is 19.9 Å². The molecule has 0 aromatic rings. The van der Waals surface area contributed by atoms with Gasteiger partial charge in [-0.1, -0.05) is 84.6 Å². The lowest BCUT2D eigenvalue weighted by atomic mass is 9.49. The second kappa shape index (κ2) is 13.1. The molecule has 4 heteroatoms. The van der Waals surface area contributed by atoms with Crippen molar-refractivity contribution in [2.45, 2.75) is 155 Å². The summed E-state index contributed by atoms with van der Waals surface area (Å²) in [6.07, 6.45) is 22.5. The van der Waals surface area contributed by atoms with Gasteiger partial charge in [0.15, 0.2) is 14.1 Å². The Labute approximate surface area is 241 Å². The fourth-order valence-electron chi connectivity index (χ4n) is 8.74.